The minimum absolute atomic E-state index is 0.603. The summed E-state index contributed by atoms with van der Waals surface area (Å²) in [7, 11) is 0. The highest BCUT2D eigenvalue weighted by Gasteiger charge is 2.04. The molecule has 0 atom stereocenters. The Labute approximate surface area is 120 Å². The smallest absolute Gasteiger partial charge is 0.0346 e. The van der Waals surface area contributed by atoms with Crippen LogP contribution in [0, 0.1) is 0 Å². The number of benzene rings is 1. The summed E-state index contributed by atoms with van der Waals surface area (Å²) in [4.78, 5) is 2.78. The molecular weight excluding hydrogens is 250 g/mol. The predicted molar refractivity (Wildman–Crippen MR) is 85.8 cm³/mol. The lowest BCUT2D eigenvalue weighted by Gasteiger charge is -2.05. The Morgan fingerprint density at radius 2 is 1.79 bits per heavy atom. The standard InChI is InChI=1S/C17H23NS/c1-4-11-18-12-16-9-10-17(19-16)15-7-5-14(6-8-15)13(2)3/h5-10,13,18H,4,11-12H2,1-3H3. The summed E-state index contributed by atoms with van der Waals surface area (Å²) in [5, 5.41) is 3.45. The fourth-order valence-corrected chi connectivity index (χ4v) is 3.03. The van der Waals surface area contributed by atoms with Crippen LogP contribution in [0.25, 0.3) is 10.4 Å². The molecule has 1 heterocycles. The Morgan fingerprint density at radius 1 is 1.05 bits per heavy atom. The molecule has 0 saturated carbocycles. The number of hydrogen-bond acceptors (Lipinski definition) is 2. The molecule has 0 radical (unpaired) electrons. The molecule has 2 heteroatoms. The predicted octanol–water partition coefficient (Wildman–Crippen LogP) is 5.04. The first-order chi connectivity index (χ1) is 9.20. The molecule has 0 bridgehead atoms. The molecule has 19 heavy (non-hydrogen) atoms. The van der Waals surface area contributed by atoms with E-state index in [9.17, 15) is 0 Å². The largest absolute Gasteiger partial charge is 0.312 e. The molecule has 0 saturated heterocycles. The van der Waals surface area contributed by atoms with Gasteiger partial charge in [-0.2, -0.15) is 0 Å². The minimum Gasteiger partial charge on any atom is -0.312 e. The van der Waals surface area contributed by atoms with Crippen LogP contribution in [0.2, 0.25) is 0 Å². The van der Waals surface area contributed by atoms with Gasteiger partial charge in [-0.15, -0.1) is 11.3 Å². The third-order valence-corrected chi connectivity index (χ3v) is 4.38. The van der Waals surface area contributed by atoms with E-state index in [4.69, 9.17) is 0 Å². The lowest BCUT2D eigenvalue weighted by atomic mass is 10.0. The quantitative estimate of drug-likeness (QED) is 0.727. The van der Waals surface area contributed by atoms with Crippen molar-refractivity contribution in [3.8, 4) is 10.4 Å². The van der Waals surface area contributed by atoms with Gasteiger partial charge in [0.2, 0.25) is 0 Å². The van der Waals surface area contributed by atoms with Gasteiger partial charge in [-0.3, -0.25) is 0 Å². The van der Waals surface area contributed by atoms with Gasteiger partial charge >= 0.3 is 0 Å². The van der Waals surface area contributed by atoms with E-state index < -0.39 is 0 Å². The third-order valence-electron chi connectivity index (χ3n) is 3.25. The van der Waals surface area contributed by atoms with Crippen molar-refractivity contribution >= 4 is 11.3 Å². The molecule has 0 spiro atoms. The monoisotopic (exact) mass is 273 g/mol. The van der Waals surface area contributed by atoms with Crippen LogP contribution in [0.4, 0.5) is 0 Å². The highest BCUT2D eigenvalue weighted by Crippen LogP contribution is 2.29. The second-order valence-electron chi connectivity index (χ2n) is 5.22. The highest BCUT2D eigenvalue weighted by atomic mass is 32.1. The molecule has 1 aromatic heterocycles. The summed E-state index contributed by atoms with van der Waals surface area (Å²) in [6.07, 6.45) is 1.19. The molecule has 0 amide bonds. The first-order valence-corrected chi connectivity index (χ1v) is 7.92. The Balaban J connectivity index is 2.05. The molecule has 1 N–H and O–H groups in total. The first kappa shape index (κ1) is 14.3. The van der Waals surface area contributed by atoms with Crippen LogP contribution in [-0.4, -0.2) is 6.54 Å². The lowest BCUT2D eigenvalue weighted by molar-refractivity contribution is 0.681. The molecule has 2 aromatic rings. The fourth-order valence-electron chi connectivity index (χ4n) is 2.05. The van der Waals surface area contributed by atoms with Crippen molar-refractivity contribution in [1.82, 2.24) is 5.32 Å². The van der Waals surface area contributed by atoms with E-state index in [1.54, 1.807) is 0 Å². The van der Waals surface area contributed by atoms with Crippen LogP contribution < -0.4 is 5.32 Å². The lowest BCUT2D eigenvalue weighted by Crippen LogP contribution is -2.12. The van der Waals surface area contributed by atoms with Gasteiger partial charge in [0.05, 0.1) is 0 Å². The summed E-state index contributed by atoms with van der Waals surface area (Å²) in [6.45, 7) is 8.75. The Kier molecular flexibility index (Phi) is 5.17. The number of nitrogens with one attached hydrogen (secondary N) is 1. The third kappa shape index (κ3) is 3.92. The zero-order valence-electron chi connectivity index (χ0n) is 12.1. The van der Waals surface area contributed by atoms with Crippen LogP contribution in [0.1, 0.15) is 43.6 Å². The number of hydrogen-bond donors (Lipinski definition) is 1. The van der Waals surface area contributed by atoms with Crippen LogP contribution in [-0.2, 0) is 6.54 Å². The molecular formula is C17H23NS. The highest BCUT2D eigenvalue weighted by molar-refractivity contribution is 7.15. The summed E-state index contributed by atoms with van der Waals surface area (Å²) in [5.74, 6) is 0.603. The van der Waals surface area contributed by atoms with Crippen molar-refractivity contribution < 1.29 is 0 Å². The van der Waals surface area contributed by atoms with E-state index in [1.807, 2.05) is 11.3 Å². The SMILES string of the molecule is CCCNCc1ccc(-c2ccc(C(C)C)cc2)s1. The van der Waals surface area contributed by atoms with E-state index in [-0.39, 0.29) is 0 Å². The summed E-state index contributed by atoms with van der Waals surface area (Å²) in [6, 6.07) is 13.4. The maximum Gasteiger partial charge on any atom is 0.0346 e. The zero-order chi connectivity index (χ0) is 13.7. The molecule has 2 rings (SSSR count). The van der Waals surface area contributed by atoms with Gasteiger partial charge in [-0.25, -0.2) is 0 Å². The molecule has 102 valence electrons. The fraction of sp³-hybridized carbons (Fsp3) is 0.412. The Morgan fingerprint density at radius 3 is 2.42 bits per heavy atom. The molecule has 1 aromatic carbocycles. The van der Waals surface area contributed by atoms with Crippen molar-refractivity contribution in [2.75, 3.05) is 6.54 Å². The zero-order valence-corrected chi connectivity index (χ0v) is 12.9. The summed E-state index contributed by atoms with van der Waals surface area (Å²) < 4.78 is 0. The minimum atomic E-state index is 0.603. The van der Waals surface area contributed by atoms with Crippen molar-refractivity contribution in [2.24, 2.45) is 0 Å². The van der Waals surface area contributed by atoms with Gasteiger partial charge < -0.3 is 5.32 Å². The van der Waals surface area contributed by atoms with Gasteiger partial charge in [0.1, 0.15) is 0 Å². The maximum atomic E-state index is 3.45. The van der Waals surface area contributed by atoms with Gasteiger partial charge in [0.15, 0.2) is 0 Å². The Hall–Kier alpha value is -1.12. The summed E-state index contributed by atoms with van der Waals surface area (Å²) in [5.41, 5.74) is 2.74. The molecule has 1 nitrogen and oxygen atoms in total. The van der Waals surface area contributed by atoms with Crippen molar-refractivity contribution in [3.63, 3.8) is 0 Å². The van der Waals surface area contributed by atoms with E-state index in [0.717, 1.165) is 13.1 Å². The average Bonchev–Trinajstić information content (AvgIpc) is 2.88. The topological polar surface area (TPSA) is 12.0 Å². The molecule has 0 unspecified atom stereocenters. The van der Waals surface area contributed by atoms with Crippen LogP contribution >= 0.6 is 11.3 Å². The van der Waals surface area contributed by atoms with Gasteiger partial charge in [-0.1, -0.05) is 45.0 Å². The Bertz CT molecular complexity index is 496. The van der Waals surface area contributed by atoms with Crippen molar-refractivity contribution in [1.29, 1.82) is 0 Å². The molecule has 0 aliphatic rings. The van der Waals surface area contributed by atoms with E-state index in [1.165, 1.54) is 27.3 Å². The average molecular weight is 273 g/mol. The molecule has 0 aliphatic heterocycles. The van der Waals surface area contributed by atoms with Crippen LogP contribution in [0.15, 0.2) is 36.4 Å². The summed E-state index contributed by atoms with van der Waals surface area (Å²) >= 11 is 1.89. The van der Waals surface area contributed by atoms with Gasteiger partial charge in [0, 0.05) is 16.3 Å². The molecule has 0 fully saturated rings. The van der Waals surface area contributed by atoms with Gasteiger partial charge in [-0.05, 0) is 42.1 Å². The van der Waals surface area contributed by atoms with Gasteiger partial charge in [0.25, 0.3) is 0 Å². The number of rotatable bonds is 6. The molecule has 0 aliphatic carbocycles. The van der Waals surface area contributed by atoms with E-state index in [2.05, 4.69) is 62.5 Å². The number of thiophene rings is 1. The second-order valence-corrected chi connectivity index (χ2v) is 6.39. The first-order valence-electron chi connectivity index (χ1n) is 7.10. The van der Waals surface area contributed by atoms with Crippen molar-refractivity contribution in [3.05, 3.63) is 46.8 Å². The van der Waals surface area contributed by atoms with Crippen LogP contribution in [0.5, 0.6) is 0 Å². The normalized spacial score (nSPS) is 11.2. The second kappa shape index (κ2) is 6.88. The van der Waals surface area contributed by atoms with E-state index >= 15 is 0 Å². The van der Waals surface area contributed by atoms with Crippen LogP contribution in [0.3, 0.4) is 0 Å². The van der Waals surface area contributed by atoms with E-state index in [0.29, 0.717) is 5.92 Å². The van der Waals surface area contributed by atoms with Crippen molar-refractivity contribution in [2.45, 2.75) is 39.7 Å². The maximum absolute atomic E-state index is 3.45.